The van der Waals surface area contributed by atoms with Crippen LogP contribution in [0.15, 0.2) is 67.0 Å². The van der Waals surface area contributed by atoms with Crippen LogP contribution in [0.2, 0.25) is 18.1 Å². The minimum atomic E-state index is -2.21. The van der Waals surface area contributed by atoms with Crippen molar-refractivity contribution in [2.75, 3.05) is 20.2 Å². The Bertz CT molecular complexity index is 1480. The number of rotatable bonds is 9. The highest BCUT2D eigenvalue weighted by Gasteiger charge is 2.41. The zero-order valence-corrected chi connectivity index (χ0v) is 29.2. The van der Waals surface area contributed by atoms with Gasteiger partial charge in [0, 0.05) is 12.4 Å². The number of esters is 1. The summed E-state index contributed by atoms with van der Waals surface area (Å²) in [4.78, 5) is 31.8. The molecule has 0 aliphatic carbocycles. The van der Waals surface area contributed by atoms with Gasteiger partial charge in [0.1, 0.15) is 17.5 Å². The molecule has 1 aliphatic rings. The van der Waals surface area contributed by atoms with E-state index in [9.17, 15) is 9.59 Å². The number of ether oxygens (including phenoxy) is 3. The molecule has 8 nitrogen and oxygen atoms in total. The lowest BCUT2D eigenvalue weighted by molar-refractivity contribution is 0.00490. The first-order valence-corrected chi connectivity index (χ1v) is 18.5. The van der Waals surface area contributed by atoms with Crippen molar-refractivity contribution in [3.8, 4) is 16.9 Å². The van der Waals surface area contributed by atoms with Gasteiger partial charge in [0.2, 0.25) is 0 Å². The number of benzene rings is 2. The molecule has 0 radical (unpaired) electrons. The largest absolute Gasteiger partial charge is 0.488 e. The normalized spacial score (nSPS) is 15.8. The van der Waals surface area contributed by atoms with Crippen molar-refractivity contribution >= 4 is 20.4 Å². The van der Waals surface area contributed by atoms with E-state index < -0.39 is 20.0 Å². The quantitative estimate of drug-likeness (QED) is 0.173. The number of aromatic nitrogens is 1. The summed E-state index contributed by atoms with van der Waals surface area (Å²) in [5, 5.41) is -0.0140. The number of nitrogens with zero attached hydrogens (tertiary/aromatic N) is 2. The lowest BCUT2D eigenvalue weighted by atomic mass is 9.96. The number of hydrogen-bond donors (Lipinski definition) is 0. The molecule has 0 spiro atoms. The molecule has 0 unspecified atom stereocenters. The molecule has 1 amide bonds. The van der Waals surface area contributed by atoms with Crippen LogP contribution >= 0.6 is 0 Å². The Hall–Kier alpha value is -3.69. The highest BCUT2D eigenvalue weighted by Crippen LogP contribution is 2.40. The number of fused-ring (bicyclic) bond motifs is 1. The topological polar surface area (TPSA) is 87.2 Å². The van der Waals surface area contributed by atoms with Crippen LogP contribution in [0.5, 0.6) is 5.75 Å². The Morgan fingerprint density at radius 1 is 1.02 bits per heavy atom. The van der Waals surface area contributed by atoms with Crippen molar-refractivity contribution in [3.05, 3.63) is 83.7 Å². The number of aryl methyl sites for hydroxylation is 1. The fourth-order valence-corrected chi connectivity index (χ4v) is 6.28. The molecular weight excluding hydrogens is 584 g/mol. The van der Waals surface area contributed by atoms with E-state index in [2.05, 4.69) is 44.9 Å². The lowest BCUT2D eigenvalue weighted by Gasteiger charge is -2.41. The van der Waals surface area contributed by atoms with E-state index in [0.717, 1.165) is 40.8 Å². The predicted molar refractivity (Wildman–Crippen MR) is 179 cm³/mol. The standard InChI is InChI=1S/C36H48N2O6Si/c1-35(2,3)43-34(40)38(24-32(29-14-11-19-37-22-29)44-45(8,9)36(4,5)6)23-30-17-15-27-20-26(16-18-31(27)42-30)25-12-10-13-28(21-25)33(39)41-7/h10-14,16,18-22,30,32H,15,17,23-24H2,1-9H3/t30-,32-/m1/s1. The molecule has 1 aliphatic heterocycles. The second-order valence-electron chi connectivity index (χ2n) is 14.2. The maximum absolute atomic E-state index is 13.7. The Morgan fingerprint density at radius 2 is 1.76 bits per heavy atom. The van der Waals surface area contributed by atoms with Crippen molar-refractivity contribution in [1.82, 2.24) is 9.88 Å². The Morgan fingerprint density at radius 3 is 2.40 bits per heavy atom. The smallest absolute Gasteiger partial charge is 0.410 e. The van der Waals surface area contributed by atoms with Gasteiger partial charge >= 0.3 is 12.1 Å². The third-order valence-electron chi connectivity index (χ3n) is 8.47. The van der Waals surface area contributed by atoms with Crippen molar-refractivity contribution in [3.63, 3.8) is 0 Å². The second-order valence-corrected chi connectivity index (χ2v) is 19.0. The van der Waals surface area contributed by atoms with E-state index in [1.165, 1.54) is 7.11 Å². The molecule has 2 heterocycles. The van der Waals surface area contributed by atoms with E-state index in [4.69, 9.17) is 18.6 Å². The molecule has 0 bridgehead atoms. The van der Waals surface area contributed by atoms with Crippen LogP contribution in [-0.4, -0.2) is 62.2 Å². The van der Waals surface area contributed by atoms with Gasteiger partial charge in [-0.15, -0.1) is 0 Å². The highest BCUT2D eigenvalue weighted by atomic mass is 28.4. The molecule has 2 aromatic carbocycles. The molecule has 0 saturated heterocycles. The molecule has 0 saturated carbocycles. The third-order valence-corrected chi connectivity index (χ3v) is 13.0. The van der Waals surface area contributed by atoms with Gasteiger partial charge in [-0.05, 0) is 104 Å². The summed E-state index contributed by atoms with van der Waals surface area (Å²) < 4.78 is 24.2. The average Bonchev–Trinajstić information content (AvgIpc) is 2.98. The van der Waals surface area contributed by atoms with Gasteiger partial charge in [-0.25, -0.2) is 9.59 Å². The summed E-state index contributed by atoms with van der Waals surface area (Å²) in [6.45, 7) is 17.4. The molecule has 1 aromatic heterocycles. The summed E-state index contributed by atoms with van der Waals surface area (Å²) in [5.74, 6) is 0.431. The minimum Gasteiger partial charge on any atom is -0.488 e. The molecule has 2 atom stereocenters. The first kappa shape index (κ1) is 34.2. The van der Waals surface area contributed by atoms with E-state index in [-0.39, 0.29) is 23.2 Å². The fraction of sp³-hybridized carbons (Fsp3) is 0.472. The van der Waals surface area contributed by atoms with Gasteiger partial charge in [-0.2, -0.15) is 0 Å². The van der Waals surface area contributed by atoms with Gasteiger partial charge in [-0.3, -0.25) is 4.98 Å². The van der Waals surface area contributed by atoms with E-state index in [1.54, 1.807) is 17.2 Å². The van der Waals surface area contributed by atoms with Crippen LogP contribution in [0.3, 0.4) is 0 Å². The van der Waals surface area contributed by atoms with Crippen LogP contribution in [0, 0.1) is 0 Å². The zero-order valence-electron chi connectivity index (χ0n) is 28.2. The molecule has 0 fully saturated rings. The summed E-state index contributed by atoms with van der Waals surface area (Å²) in [5.41, 5.74) is 3.80. The average molecular weight is 633 g/mol. The number of amides is 1. The second kappa shape index (κ2) is 13.7. The molecule has 242 valence electrons. The monoisotopic (exact) mass is 632 g/mol. The van der Waals surface area contributed by atoms with E-state index in [1.807, 2.05) is 69.4 Å². The fourth-order valence-electron chi connectivity index (χ4n) is 5.00. The molecule has 9 heteroatoms. The first-order valence-electron chi connectivity index (χ1n) is 15.6. The van der Waals surface area contributed by atoms with Gasteiger partial charge in [0.15, 0.2) is 8.32 Å². The number of pyridine rings is 1. The van der Waals surface area contributed by atoms with Gasteiger partial charge in [0.05, 0.1) is 31.9 Å². The van der Waals surface area contributed by atoms with Crippen molar-refractivity contribution in [2.45, 2.75) is 90.3 Å². The lowest BCUT2D eigenvalue weighted by Crippen LogP contribution is -2.48. The predicted octanol–water partition coefficient (Wildman–Crippen LogP) is 8.23. The summed E-state index contributed by atoms with van der Waals surface area (Å²) >= 11 is 0. The number of methoxy groups -OCH3 is 1. The summed E-state index contributed by atoms with van der Waals surface area (Å²) in [6.07, 6.45) is 4.10. The molecule has 45 heavy (non-hydrogen) atoms. The summed E-state index contributed by atoms with van der Waals surface area (Å²) in [7, 11) is -0.827. The van der Waals surface area contributed by atoms with E-state index in [0.29, 0.717) is 18.7 Å². The Labute approximate surface area is 269 Å². The SMILES string of the molecule is COC(=O)c1cccc(-c2ccc3c(c2)CC[C@H](CN(C[C@@H](O[Si](C)(C)C(C)(C)C)c2cccnc2)C(=O)OC(C)(C)C)O3)c1. The maximum atomic E-state index is 13.7. The van der Waals surface area contributed by atoms with Crippen LogP contribution in [-0.2, 0) is 20.3 Å². The van der Waals surface area contributed by atoms with Gasteiger partial charge in [0.25, 0.3) is 0 Å². The molecule has 3 aromatic rings. The van der Waals surface area contributed by atoms with Crippen LogP contribution in [0.4, 0.5) is 4.79 Å². The molecule has 0 N–H and O–H groups in total. The van der Waals surface area contributed by atoms with Crippen molar-refractivity contribution in [2.24, 2.45) is 0 Å². The zero-order chi connectivity index (χ0) is 33.0. The first-order chi connectivity index (χ1) is 21.1. The molecule has 4 rings (SSSR count). The van der Waals surface area contributed by atoms with Gasteiger partial charge in [-0.1, -0.05) is 45.0 Å². The van der Waals surface area contributed by atoms with Crippen molar-refractivity contribution < 1.29 is 28.2 Å². The Kier molecular flexibility index (Phi) is 10.4. The highest BCUT2D eigenvalue weighted by molar-refractivity contribution is 6.74. The van der Waals surface area contributed by atoms with E-state index >= 15 is 0 Å². The maximum Gasteiger partial charge on any atom is 0.410 e. The third kappa shape index (κ3) is 8.95. The van der Waals surface area contributed by atoms with Crippen LogP contribution < -0.4 is 4.74 Å². The summed E-state index contributed by atoms with van der Waals surface area (Å²) in [6, 6.07) is 17.4. The van der Waals surface area contributed by atoms with Crippen molar-refractivity contribution in [1.29, 1.82) is 0 Å². The number of carbonyl (C=O) groups is 2. The number of hydrogen-bond acceptors (Lipinski definition) is 7. The van der Waals surface area contributed by atoms with Crippen LogP contribution in [0.25, 0.3) is 11.1 Å². The Balaban J connectivity index is 1.57. The van der Waals surface area contributed by atoms with Gasteiger partial charge < -0.3 is 23.5 Å². The minimum absolute atomic E-state index is 0.0140. The molecular formula is C36H48N2O6Si. The van der Waals surface area contributed by atoms with Crippen LogP contribution in [0.1, 0.15) is 75.6 Å². The number of carbonyl (C=O) groups excluding carboxylic acids is 2.